The molecule has 7 nitrogen and oxygen atoms in total. The van der Waals surface area contributed by atoms with E-state index < -0.39 is 11.7 Å². The van der Waals surface area contributed by atoms with Crippen LogP contribution in [0.25, 0.3) is 0 Å². The van der Waals surface area contributed by atoms with Crippen LogP contribution in [0.2, 0.25) is 0 Å². The van der Waals surface area contributed by atoms with Crippen LogP contribution in [-0.2, 0) is 30.3 Å². The fraction of sp³-hybridized carbons (Fsp3) is 0.564. The van der Waals surface area contributed by atoms with Gasteiger partial charge in [-0.2, -0.15) is 0 Å². The third-order valence-corrected chi connectivity index (χ3v) is 10.5. The van der Waals surface area contributed by atoms with Crippen molar-refractivity contribution in [1.29, 1.82) is 0 Å². The molecular weight excluding hydrogens is 740 g/mol. The Labute approximate surface area is 303 Å². The zero-order valence-corrected chi connectivity index (χ0v) is 32.1. The fourth-order valence-electron chi connectivity index (χ4n) is 7.39. The second-order valence-corrected chi connectivity index (χ2v) is 17.2. The first-order chi connectivity index (χ1) is 22.9. The Morgan fingerprint density at radius 1 is 0.917 bits per heavy atom. The molecule has 0 spiro atoms. The standard InChI is InChI=1S/C39H50Br2O7/c1-24-19-34-32(36(24)46-23-25-7-12-28(43-5)13-8-25)16-11-27(33(34)22-35(40)41)20-31-21-30(17-18-45-38(42)39(2,3)4)47-37(48-31)26-9-14-29(44-6)15-10-26/h7-16,22,24,27,30-34,36-37H,17-21,23H2,1-6H3/t24-,27+,30-,31+,32-,33-,34-,36-,37-/m1/s1. The predicted octanol–water partition coefficient (Wildman–Crippen LogP) is 9.54. The first kappa shape index (κ1) is 37.1. The molecule has 3 aliphatic rings. The molecule has 262 valence electrons. The molecule has 2 aromatic rings. The topological polar surface area (TPSA) is 72.5 Å². The molecule has 0 unspecified atom stereocenters. The van der Waals surface area contributed by atoms with Crippen LogP contribution in [0.4, 0.5) is 0 Å². The van der Waals surface area contributed by atoms with Gasteiger partial charge in [0.25, 0.3) is 0 Å². The minimum atomic E-state index is -0.542. The Kier molecular flexibility index (Phi) is 12.9. The van der Waals surface area contributed by atoms with Crippen LogP contribution in [-0.4, -0.2) is 45.1 Å². The minimum absolute atomic E-state index is 0.0358. The number of carbonyl (C=O) groups is 1. The van der Waals surface area contributed by atoms with Gasteiger partial charge >= 0.3 is 5.97 Å². The molecule has 9 atom stereocenters. The average Bonchev–Trinajstić information content (AvgIpc) is 3.39. The van der Waals surface area contributed by atoms with Gasteiger partial charge in [0, 0.05) is 24.3 Å². The molecule has 0 N–H and O–H groups in total. The van der Waals surface area contributed by atoms with E-state index >= 15 is 0 Å². The summed E-state index contributed by atoms with van der Waals surface area (Å²) in [5.74, 6) is 3.24. The van der Waals surface area contributed by atoms with Gasteiger partial charge in [-0.1, -0.05) is 49.4 Å². The highest BCUT2D eigenvalue weighted by Gasteiger charge is 2.48. The van der Waals surface area contributed by atoms with E-state index in [0.29, 0.717) is 43.3 Å². The van der Waals surface area contributed by atoms with Crippen molar-refractivity contribution in [3.8, 4) is 11.5 Å². The highest BCUT2D eigenvalue weighted by atomic mass is 79.9. The molecular formula is C39H50Br2O7. The second-order valence-electron chi connectivity index (χ2n) is 14.4. The summed E-state index contributed by atoms with van der Waals surface area (Å²) in [7, 11) is 3.34. The van der Waals surface area contributed by atoms with Gasteiger partial charge in [0.1, 0.15) is 11.5 Å². The van der Waals surface area contributed by atoms with Gasteiger partial charge in [-0.05, 0) is 119 Å². The number of fused-ring (bicyclic) bond motifs is 1. The molecule has 48 heavy (non-hydrogen) atoms. The maximum absolute atomic E-state index is 12.4. The number of allylic oxidation sites excluding steroid dienone is 2. The Bertz CT molecular complexity index is 1400. The van der Waals surface area contributed by atoms with Crippen molar-refractivity contribution >= 4 is 37.8 Å². The van der Waals surface area contributed by atoms with Crippen molar-refractivity contribution in [3.63, 3.8) is 0 Å². The summed E-state index contributed by atoms with van der Waals surface area (Å²) in [4.78, 5) is 12.4. The van der Waals surface area contributed by atoms with Gasteiger partial charge < -0.3 is 28.4 Å². The van der Waals surface area contributed by atoms with Crippen LogP contribution in [0.1, 0.15) is 70.8 Å². The Balaban J connectivity index is 1.30. The molecule has 1 saturated heterocycles. The van der Waals surface area contributed by atoms with E-state index in [1.807, 2.05) is 57.2 Å². The lowest BCUT2D eigenvalue weighted by atomic mass is 9.69. The summed E-state index contributed by atoms with van der Waals surface area (Å²) in [5, 5.41) is 0. The highest BCUT2D eigenvalue weighted by Crippen LogP contribution is 2.51. The maximum atomic E-state index is 12.4. The molecule has 2 fully saturated rings. The van der Waals surface area contributed by atoms with E-state index in [0.717, 1.165) is 45.3 Å². The zero-order chi connectivity index (χ0) is 34.4. The largest absolute Gasteiger partial charge is 0.497 e. The molecule has 9 heteroatoms. The van der Waals surface area contributed by atoms with Gasteiger partial charge in [-0.25, -0.2) is 0 Å². The monoisotopic (exact) mass is 788 g/mol. The lowest BCUT2D eigenvalue weighted by Crippen LogP contribution is -2.38. The minimum Gasteiger partial charge on any atom is -0.497 e. The molecule has 5 rings (SSSR count). The summed E-state index contributed by atoms with van der Waals surface area (Å²) in [5.41, 5.74) is 1.55. The van der Waals surface area contributed by atoms with Crippen LogP contribution < -0.4 is 9.47 Å². The number of halogens is 2. The lowest BCUT2D eigenvalue weighted by Gasteiger charge is -2.41. The van der Waals surface area contributed by atoms with Crippen LogP contribution >= 0.6 is 31.9 Å². The summed E-state index contributed by atoms with van der Waals surface area (Å²) in [6.45, 7) is 8.82. The van der Waals surface area contributed by atoms with Gasteiger partial charge in [0.15, 0.2) is 6.29 Å². The lowest BCUT2D eigenvalue weighted by molar-refractivity contribution is -0.253. The third-order valence-electron chi connectivity index (χ3n) is 9.93. The van der Waals surface area contributed by atoms with E-state index in [2.05, 4.69) is 69.1 Å². The van der Waals surface area contributed by atoms with Crippen molar-refractivity contribution in [2.45, 2.75) is 84.6 Å². The number of hydrogen-bond acceptors (Lipinski definition) is 7. The van der Waals surface area contributed by atoms with Gasteiger partial charge in [-0.3, -0.25) is 4.79 Å². The number of carbonyl (C=O) groups excluding carboxylic acids is 1. The SMILES string of the molecule is COc1ccc(CO[C@H]2[C@@H]3C=C[C@@H](C[C@H]4C[C@@H](CCOC(=O)C(C)(C)C)O[C@@H](c5ccc(OC)cc5)O4)[C@@H](C=C(Br)Br)[C@@H]3C[C@H]2C)cc1. The van der Waals surface area contributed by atoms with Crippen LogP contribution in [0.5, 0.6) is 11.5 Å². The summed E-state index contributed by atoms with van der Waals surface area (Å²) < 4.78 is 37.1. The predicted molar refractivity (Wildman–Crippen MR) is 194 cm³/mol. The number of ether oxygens (including phenoxy) is 6. The number of hydrogen-bond donors (Lipinski definition) is 0. The van der Waals surface area contributed by atoms with E-state index in [1.54, 1.807) is 14.2 Å². The van der Waals surface area contributed by atoms with Crippen LogP contribution in [0, 0.1) is 35.0 Å². The molecule has 2 aromatic carbocycles. The first-order valence-corrected chi connectivity index (χ1v) is 18.6. The normalized spacial score (nSPS) is 30.0. The van der Waals surface area contributed by atoms with E-state index in [9.17, 15) is 4.79 Å². The fourth-order valence-corrected chi connectivity index (χ4v) is 8.00. The first-order valence-electron chi connectivity index (χ1n) is 17.0. The maximum Gasteiger partial charge on any atom is 0.311 e. The number of methoxy groups -OCH3 is 2. The average molecular weight is 791 g/mol. The quantitative estimate of drug-likeness (QED) is 0.157. The molecule has 0 amide bonds. The Hall–Kier alpha value is -2.17. The smallest absolute Gasteiger partial charge is 0.311 e. The van der Waals surface area contributed by atoms with E-state index in [-0.39, 0.29) is 30.2 Å². The Morgan fingerprint density at radius 3 is 2.19 bits per heavy atom. The van der Waals surface area contributed by atoms with E-state index in [1.165, 1.54) is 0 Å². The number of benzene rings is 2. The van der Waals surface area contributed by atoms with Gasteiger partial charge in [-0.15, -0.1) is 0 Å². The molecule has 1 heterocycles. The van der Waals surface area contributed by atoms with Crippen LogP contribution in [0.15, 0.2) is 70.2 Å². The van der Waals surface area contributed by atoms with Gasteiger partial charge in [0.2, 0.25) is 0 Å². The summed E-state index contributed by atoms with van der Waals surface area (Å²) >= 11 is 7.38. The van der Waals surface area contributed by atoms with Crippen molar-refractivity contribution in [1.82, 2.24) is 0 Å². The molecule has 0 bridgehead atoms. The second kappa shape index (κ2) is 16.7. The third kappa shape index (κ3) is 9.53. The molecule has 1 aliphatic heterocycles. The van der Waals surface area contributed by atoms with Gasteiger partial charge in [0.05, 0.1) is 54.6 Å². The molecule has 2 aliphatic carbocycles. The Morgan fingerprint density at radius 2 is 1.56 bits per heavy atom. The highest BCUT2D eigenvalue weighted by molar-refractivity contribution is 9.28. The molecule has 1 saturated carbocycles. The zero-order valence-electron chi connectivity index (χ0n) is 28.9. The van der Waals surface area contributed by atoms with Crippen molar-refractivity contribution < 1.29 is 33.2 Å². The summed E-state index contributed by atoms with van der Waals surface area (Å²) in [6, 6.07) is 16.0. The molecule has 0 aromatic heterocycles. The van der Waals surface area contributed by atoms with Crippen molar-refractivity contribution in [2.24, 2.45) is 35.0 Å². The van der Waals surface area contributed by atoms with Crippen molar-refractivity contribution in [3.05, 3.63) is 81.3 Å². The molecule has 0 radical (unpaired) electrons. The number of esters is 1. The van der Waals surface area contributed by atoms with Crippen molar-refractivity contribution in [2.75, 3.05) is 20.8 Å². The van der Waals surface area contributed by atoms with Crippen LogP contribution in [0.3, 0.4) is 0 Å². The summed E-state index contributed by atoms with van der Waals surface area (Å²) in [6.07, 6.45) is 9.92. The number of rotatable bonds is 12. The van der Waals surface area contributed by atoms with E-state index in [4.69, 9.17) is 28.4 Å².